The second kappa shape index (κ2) is 8.48. The van der Waals surface area contributed by atoms with E-state index in [1.807, 2.05) is 19.9 Å². The average Bonchev–Trinajstić information content (AvgIpc) is 2.92. The summed E-state index contributed by atoms with van der Waals surface area (Å²) in [5, 5.41) is 26.9. The number of aliphatic hydroxyl groups excluding tert-OH is 1. The minimum atomic E-state index is -1.09. The number of halogens is 2. The molecule has 1 amide bonds. The number of aliphatic hydroxyl groups is 1. The summed E-state index contributed by atoms with van der Waals surface area (Å²) in [6.45, 7) is 5.81. The lowest BCUT2D eigenvalue weighted by Crippen LogP contribution is -2.49. The van der Waals surface area contributed by atoms with E-state index in [2.05, 4.69) is 36.8 Å². The van der Waals surface area contributed by atoms with Gasteiger partial charge in [-0.1, -0.05) is 13.8 Å². The predicted octanol–water partition coefficient (Wildman–Crippen LogP) is 1.06. The Hall–Kier alpha value is -1.16. The van der Waals surface area contributed by atoms with Crippen molar-refractivity contribution in [2.45, 2.75) is 39.1 Å². The molecule has 0 saturated carbocycles. The Balaban J connectivity index is 0.00000225. The number of nitrogens with zero attached hydrogens (tertiary/aromatic N) is 4. The van der Waals surface area contributed by atoms with Crippen molar-refractivity contribution in [3.63, 3.8) is 0 Å². The van der Waals surface area contributed by atoms with E-state index in [0.717, 1.165) is 37.3 Å². The number of fused-ring (bicyclic) bond motifs is 1. The normalized spacial score (nSPS) is 22.9. The molecule has 140 valence electrons. The number of hydrogen-bond donors (Lipinski definition) is 3. The van der Waals surface area contributed by atoms with Crippen molar-refractivity contribution in [3.8, 4) is 0 Å². The topological polar surface area (TPSA) is 94.8 Å². The Morgan fingerprint density at radius 2 is 2.32 bits per heavy atom. The number of rotatable bonds is 4. The molecule has 10 heteroatoms. The lowest BCUT2D eigenvalue weighted by molar-refractivity contribution is -0.130. The molecule has 1 aromatic rings. The number of carbonyl (C=O) groups excluding carboxylic acids is 1. The maximum Gasteiger partial charge on any atom is 0.243 e. The third-order valence-corrected chi connectivity index (χ3v) is 4.59. The quantitative estimate of drug-likeness (QED) is 0.657. The number of carbonyl (C=O) groups is 1. The molecule has 0 aliphatic carbocycles. The van der Waals surface area contributed by atoms with Crippen LogP contribution in [0.1, 0.15) is 38.7 Å². The van der Waals surface area contributed by atoms with Gasteiger partial charge < -0.3 is 15.7 Å². The van der Waals surface area contributed by atoms with Crippen LogP contribution in [0.25, 0.3) is 0 Å². The van der Waals surface area contributed by atoms with Crippen LogP contribution in [0, 0.1) is 5.92 Å². The monoisotopic (exact) mass is 434 g/mol. The fourth-order valence-corrected chi connectivity index (χ4v) is 3.41. The minimum absolute atomic E-state index is 0. The summed E-state index contributed by atoms with van der Waals surface area (Å²) in [4.78, 5) is 12.3. The van der Waals surface area contributed by atoms with Gasteiger partial charge in [0.05, 0.1) is 11.4 Å². The first-order valence-electron chi connectivity index (χ1n) is 8.24. The third kappa shape index (κ3) is 4.52. The van der Waals surface area contributed by atoms with E-state index in [1.165, 1.54) is 9.69 Å². The molecule has 1 saturated heterocycles. The lowest BCUT2D eigenvalue weighted by atomic mass is 10.1. The molecule has 3 heterocycles. The van der Waals surface area contributed by atoms with E-state index in [0.29, 0.717) is 4.60 Å². The van der Waals surface area contributed by atoms with Gasteiger partial charge in [0.1, 0.15) is 11.1 Å². The fraction of sp³-hybridized carbons (Fsp3) is 0.667. The molecule has 0 unspecified atom stereocenters. The molecule has 3 rings (SSSR count). The van der Waals surface area contributed by atoms with Gasteiger partial charge in [-0.25, -0.2) is 9.69 Å². The highest BCUT2D eigenvalue weighted by Gasteiger charge is 2.31. The van der Waals surface area contributed by atoms with Gasteiger partial charge in [-0.05, 0) is 41.2 Å². The van der Waals surface area contributed by atoms with Crippen LogP contribution in [0.4, 0.5) is 0 Å². The minimum Gasteiger partial charge on any atom is -0.354 e. The standard InChI is InChI=1S/C15H23BrN6O2.ClH/c1-9(2)14-11-6-12(16)19-22(11)15(24)21(20-14)8-13(23)18-10-4-3-5-17-7-10;/h6,9-10,15,17,24H,3-5,7-8H2,1-2H3,(H,18,23);1H/t10-,15-;/m1./s1. The maximum absolute atomic E-state index is 12.3. The van der Waals surface area contributed by atoms with Crippen molar-refractivity contribution < 1.29 is 9.90 Å². The Morgan fingerprint density at radius 3 is 2.96 bits per heavy atom. The third-order valence-electron chi connectivity index (χ3n) is 4.20. The van der Waals surface area contributed by atoms with Crippen molar-refractivity contribution in [1.82, 2.24) is 25.4 Å². The second-order valence-corrected chi connectivity index (χ2v) is 7.30. The number of hydrazone groups is 1. The highest BCUT2D eigenvalue weighted by molar-refractivity contribution is 9.10. The average molecular weight is 436 g/mol. The van der Waals surface area contributed by atoms with Crippen molar-refractivity contribution >= 4 is 40.0 Å². The van der Waals surface area contributed by atoms with Crippen LogP contribution in [-0.4, -0.2) is 57.2 Å². The molecule has 0 aromatic carbocycles. The first kappa shape index (κ1) is 20.2. The molecule has 3 N–H and O–H groups in total. The number of hydrogen-bond acceptors (Lipinski definition) is 6. The van der Waals surface area contributed by atoms with Gasteiger partial charge in [-0.15, -0.1) is 12.4 Å². The first-order chi connectivity index (χ1) is 11.5. The molecule has 0 spiro atoms. The molecule has 8 nitrogen and oxygen atoms in total. The van der Waals surface area contributed by atoms with Gasteiger partial charge in [0.15, 0.2) is 0 Å². The lowest BCUT2D eigenvalue weighted by Gasteiger charge is -2.32. The molecule has 1 fully saturated rings. The van der Waals surface area contributed by atoms with Crippen molar-refractivity contribution in [2.75, 3.05) is 19.6 Å². The summed E-state index contributed by atoms with van der Waals surface area (Å²) in [6, 6.07) is 1.96. The van der Waals surface area contributed by atoms with Crippen molar-refractivity contribution in [3.05, 3.63) is 16.4 Å². The second-order valence-electron chi connectivity index (χ2n) is 6.49. The van der Waals surface area contributed by atoms with Crippen LogP contribution >= 0.6 is 28.3 Å². The molecule has 25 heavy (non-hydrogen) atoms. The smallest absolute Gasteiger partial charge is 0.243 e. The van der Waals surface area contributed by atoms with E-state index >= 15 is 0 Å². The summed E-state index contributed by atoms with van der Waals surface area (Å²) in [5.74, 6) is -0.00256. The zero-order chi connectivity index (χ0) is 17.3. The number of piperidine rings is 1. The van der Waals surface area contributed by atoms with Gasteiger partial charge in [0.2, 0.25) is 12.3 Å². The molecule has 0 radical (unpaired) electrons. The Bertz CT molecular complexity index is 644. The van der Waals surface area contributed by atoms with E-state index < -0.39 is 6.35 Å². The fourth-order valence-electron chi connectivity index (χ4n) is 3.02. The Morgan fingerprint density at radius 1 is 1.56 bits per heavy atom. The SMILES string of the molecule is CC(C)C1=NN(CC(=O)N[C@@H]2CCCNC2)[C@@H](O)n2nc(Br)cc21.Cl. The number of amides is 1. The zero-order valence-electron chi connectivity index (χ0n) is 14.3. The zero-order valence-corrected chi connectivity index (χ0v) is 16.7. The molecule has 0 bridgehead atoms. The van der Waals surface area contributed by atoms with Gasteiger partial charge in [0.25, 0.3) is 0 Å². The summed E-state index contributed by atoms with van der Waals surface area (Å²) in [5.41, 5.74) is 1.56. The molecule has 1 aromatic heterocycles. The Labute approximate surface area is 161 Å². The van der Waals surface area contributed by atoms with Crippen LogP contribution < -0.4 is 10.6 Å². The van der Waals surface area contributed by atoms with E-state index in [1.54, 1.807) is 0 Å². The summed E-state index contributed by atoms with van der Waals surface area (Å²) < 4.78 is 2.12. The van der Waals surface area contributed by atoms with Gasteiger partial charge in [-0.2, -0.15) is 10.2 Å². The highest BCUT2D eigenvalue weighted by Crippen LogP contribution is 2.25. The molecule has 2 aliphatic rings. The predicted molar refractivity (Wildman–Crippen MR) is 101 cm³/mol. The van der Waals surface area contributed by atoms with E-state index in [4.69, 9.17) is 0 Å². The number of aromatic nitrogens is 2. The van der Waals surface area contributed by atoms with Crippen molar-refractivity contribution in [2.24, 2.45) is 11.0 Å². The summed E-state index contributed by atoms with van der Waals surface area (Å²) in [6.07, 6.45) is 0.930. The molecule has 2 atom stereocenters. The molecular formula is C15H24BrClN6O2. The van der Waals surface area contributed by atoms with Crippen LogP contribution in [0.3, 0.4) is 0 Å². The van der Waals surface area contributed by atoms with Crippen LogP contribution in [-0.2, 0) is 4.79 Å². The van der Waals surface area contributed by atoms with E-state index in [9.17, 15) is 9.90 Å². The maximum atomic E-state index is 12.3. The van der Waals surface area contributed by atoms with Crippen LogP contribution in [0.5, 0.6) is 0 Å². The van der Waals surface area contributed by atoms with Gasteiger partial charge in [0, 0.05) is 18.7 Å². The van der Waals surface area contributed by atoms with E-state index in [-0.39, 0.29) is 36.8 Å². The first-order valence-corrected chi connectivity index (χ1v) is 9.03. The molecule has 2 aliphatic heterocycles. The van der Waals surface area contributed by atoms with Crippen LogP contribution in [0.15, 0.2) is 15.8 Å². The largest absolute Gasteiger partial charge is 0.354 e. The van der Waals surface area contributed by atoms with Crippen LogP contribution in [0.2, 0.25) is 0 Å². The summed E-state index contributed by atoms with van der Waals surface area (Å²) in [7, 11) is 0. The number of nitrogens with one attached hydrogen (secondary N) is 2. The Kier molecular flexibility index (Phi) is 6.84. The molecular weight excluding hydrogens is 412 g/mol. The van der Waals surface area contributed by atoms with Crippen molar-refractivity contribution in [1.29, 1.82) is 0 Å². The highest BCUT2D eigenvalue weighted by atomic mass is 79.9. The van der Waals surface area contributed by atoms with Gasteiger partial charge in [-0.3, -0.25) is 4.79 Å². The van der Waals surface area contributed by atoms with Gasteiger partial charge >= 0.3 is 0 Å². The summed E-state index contributed by atoms with van der Waals surface area (Å²) >= 11 is 3.33.